The van der Waals surface area contributed by atoms with Gasteiger partial charge < -0.3 is 10.1 Å². The normalized spacial score (nSPS) is 10.3. The molecule has 2 heterocycles. The Labute approximate surface area is 112 Å². The topological polar surface area (TPSA) is 34.1 Å². The number of rotatable bonds is 6. The number of aromatic nitrogens is 1. The Morgan fingerprint density at radius 2 is 2.06 bits per heavy atom. The third-order valence-electron chi connectivity index (χ3n) is 2.57. The van der Waals surface area contributed by atoms with Gasteiger partial charge in [-0.05, 0) is 37.6 Å². The Morgan fingerprint density at radius 3 is 2.78 bits per heavy atom. The maximum Gasteiger partial charge on any atom is 0.237 e. The highest BCUT2D eigenvalue weighted by Crippen LogP contribution is 2.23. The predicted octanol–water partition coefficient (Wildman–Crippen LogP) is 3.72. The Bertz CT molecular complexity index is 496. The van der Waals surface area contributed by atoms with E-state index in [2.05, 4.69) is 29.4 Å². The van der Waals surface area contributed by atoms with Crippen molar-refractivity contribution in [3.8, 4) is 5.88 Å². The molecule has 0 saturated carbocycles. The van der Waals surface area contributed by atoms with E-state index in [4.69, 9.17) is 4.74 Å². The van der Waals surface area contributed by atoms with Crippen LogP contribution >= 0.6 is 11.3 Å². The maximum absolute atomic E-state index is 5.48. The van der Waals surface area contributed by atoms with Gasteiger partial charge in [0.2, 0.25) is 5.88 Å². The monoisotopic (exact) mass is 262 g/mol. The van der Waals surface area contributed by atoms with E-state index in [1.165, 1.54) is 9.75 Å². The zero-order chi connectivity index (χ0) is 12.8. The van der Waals surface area contributed by atoms with Crippen LogP contribution in [-0.4, -0.2) is 11.6 Å². The molecule has 0 amide bonds. The summed E-state index contributed by atoms with van der Waals surface area (Å²) in [6, 6.07) is 8.27. The molecule has 0 aromatic carbocycles. The molecule has 2 aromatic rings. The van der Waals surface area contributed by atoms with Crippen LogP contribution in [0.15, 0.2) is 30.5 Å². The minimum atomic E-state index is 0.630. The zero-order valence-corrected chi connectivity index (χ0v) is 11.6. The van der Waals surface area contributed by atoms with Crippen molar-refractivity contribution in [3.05, 3.63) is 40.2 Å². The summed E-state index contributed by atoms with van der Waals surface area (Å²) >= 11 is 1.85. The van der Waals surface area contributed by atoms with Crippen molar-refractivity contribution in [3.63, 3.8) is 0 Å². The quantitative estimate of drug-likeness (QED) is 0.861. The molecular weight excluding hydrogens is 244 g/mol. The largest absolute Gasteiger partial charge is 0.476 e. The van der Waals surface area contributed by atoms with Crippen LogP contribution in [-0.2, 0) is 13.0 Å². The van der Waals surface area contributed by atoms with Gasteiger partial charge in [-0.1, -0.05) is 6.92 Å². The highest BCUT2D eigenvalue weighted by Gasteiger charge is 2.04. The number of nitrogens with one attached hydrogen (secondary N) is 1. The molecule has 4 heteroatoms. The number of thiophene rings is 1. The molecule has 1 N–H and O–H groups in total. The zero-order valence-electron chi connectivity index (χ0n) is 10.8. The molecule has 0 saturated heterocycles. The van der Waals surface area contributed by atoms with Gasteiger partial charge in [-0.15, -0.1) is 11.3 Å². The minimum Gasteiger partial charge on any atom is -0.476 e. The molecule has 18 heavy (non-hydrogen) atoms. The summed E-state index contributed by atoms with van der Waals surface area (Å²) in [7, 11) is 0. The van der Waals surface area contributed by atoms with Crippen LogP contribution in [0.3, 0.4) is 0 Å². The predicted molar refractivity (Wildman–Crippen MR) is 76.4 cm³/mol. The smallest absolute Gasteiger partial charge is 0.237 e. The standard InChI is InChI=1S/C14H18N2OS/c1-3-11-7-8-12(18-11)10-16-13-6-5-9-15-14(13)17-4-2/h5-9,16H,3-4,10H2,1-2H3. The molecule has 2 aromatic heterocycles. The van der Waals surface area contributed by atoms with Gasteiger partial charge in [0.25, 0.3) is 0 Å². The first kappa shape index (κ1) is 12.9. The lowest BCUT2D eigenvalue weighted by Gasteiger charge is -2.09. The van der Waals surface area contributed by atoms with Crippen LogP contribution < -0.4 is 10.1 Å². The van der Waals surface area contributed by atoms with E-state index >= 15 is 0 Å². The van der Waals surface area contributed by atoms with Gasteiger partial charge in [0.05, 0.1) is 12.3 Å². The van der Waals surface area contributed by atoms with Gasteiger partial charge in [0, 0.05) is 22.5 Å². The SMILES string of the molecule is CCOc1ncccc1NCc1ccc(CC)s1. The summed E-state index contributed by atoms with van der Waals surface area (Å²) in [6.45, 7) is 5.59. The maximum atomic E-state index is 5.48. The molecule has 0 spiro atoms. The molecule has 2 rings (SSSR count). The molecule has 96 valence electrons. The van der Waals surface area contributed by atoms with Crippen molar-refractivity contribution in [2.75, 3.05) is 11.9 Å². The van der Waals surface area contributed by atoms with E-state index in [-0.39, 0.29) is 0 Å². The fraction of sp³-hybridized carbons (Fsp3) is 0.357. The van der Waals surface area contributed by atoms with E-state index in [9.17, 15) is 0 Å². The fourth-order valence-electron chi connectivity index (χ4n) is 1.67. The summed E-state index contributed by atoms with van der Waals surface area (Å²) in [6.07, 6.45) is 2.85. The third kappa shape index (κ3) is 3.23. The van der Waals surface area contributed by atoms with Crippen LogP contribution in [0, 0.1) is 0 Å². The first-order chi connectivity index (χ1) is 8.83. The van der Waals surface area contributed by atoms with Crippen LogP contribution in [0.25, 0.3) is 0 Å². The lowest BCUT2D eigenvalue weighted by atomic mass is 10.3. The van der Waals surface area contributed by atoms with Gasteiger partial charge >= 0.3 is 0 Å². The molecule has 0 unspecified atom stereocenters. The van der Waals surface area contributed by atoms with Crippen LogP contribution in [0.5, 0.6) is 5.88 Å². The molecule has 0 atom stereocenters. The highest BCUT2D eigenvalue weighted by atomic mass is 32.1. The average Bonchev–Trinajstić information content (AvgIpc) is 2.86. The summed E-state index contributed by atoms with van der Waals surface area (Å²) in [5, 5.41) is 3.37. The molecule has 0 fully saturated rings. The van der Waals surface area contributed by atoms with Gasteiger partial charge in [-0.2, -0.15) is 0 Å². The van der Waals surface area contributed by atoms with Crippen molar-refractivity contribution in [1.29, 1.82) is 0 Å². The van der Waals surface area contributed by atoms with E-state index < -0.39 is 0 Å². The van der Waals surface area contributed by atoms with E-state index in [0.717, 1.165) is 18.7 Å². The first-order valence-electron chi connectivity index (χ1n) is 6.22. The summed E-state index contributed by atoms with van der Waals surface area (Å²) in [5.74, 6) is 0.673. The second-order valence-corrected chi connectivity index (χ2v) is 5.12. The number of nitrogens with zero attached hydrogens (tertiary/aromatic N) is 1. The molecule has 0 bridgehead atoms. The number of ether oxygens (including phenoxy) is 1. The Hall–Kier alpha value is -1.55. The second kappa shape index (κ2) is 6.40. The average molecular weight is 262 g/mol. The summed E-state index contributed by atoms with van der Waals surface area (Å²) in [5.41, 5.74) is 0.950. The van der Waals surface area contributed by atoms with Crippen molar-refractivity contribution in [2.24, 2.45) is 0 Å². The van der Waals surface area contributed by atoms with Crippen molar-refractivity contribution < 1.29 is 4.74 Å². The third-order valence-corrected chi connectivity index (χ3v) is 3.80. The van der Waals surface area contributed by atoms with Gasteiger partial charge in [-0.25, -0.2) is 4.98 Å². The van der Waals surface area contributed by atoms with Gasteiger partial charge in [0.1, 0.15) is 0 Å². The number of hydrogen-bond donors (Lipinski definition) is 1. The lowest BCUT2D eigenvalue weighted by molar-refractivity contribution is 0.328. The molecular formula is C14H18N2OS. The minimum absolute atomic E-state index is 0.630. The van der Waals surface area contributed by atoms with Crippen LogP contribution in [0.1, 0.15) is 23.6 Å². The van der Waals surface area contributed by atoms with Crippen molar-refractivity contribution >= 4 is 17.0 Å². The van der Waals surface area contributed by atoms with E-state index in [1.54, 1.807) is 6.20 Å². The number of hydrogen-bond acceptors (Lipinski definition) is 4. The fourth-order valence-corrected chi connectivity index (χ4v) is 2.56. The number of pyridine rings is 1. The van der Waals surface area contributed by atoms with Crippen molar-refractivity contribution in [1.82, 2.24) is 4.98 Å². The van der Waals surface area contributed by atoms with Crippen molar-refractivity contribution in [2.45, 2.75) is 26.8 Å². The van der Waals surface area contributed by atoms with Crippen LogP contribution in [0.2, 0.25) is 0 Å². The summed E-state index contributed by atoms with van der Waals surface area (Å²) in [4.78, 5) is 6.97. The highest BCUT2D eigenvalue weighted by molar-refractivity contribution is 7.12. The molecule has 3 nitrogen and oxygen atoms in total. The van der Waals surface area contributed by atoms with Crippen LogP contribution in [0.4, 0.5) is 5.69 Å². The van der Waals surface area contributed by atoms with Gasteiger partial charge in [0.15, 0.2) is 0 Å². The van der Waals surface area contributed by atoms with Gasteiger partial charge in [-0.3, -0.25) is 0 Å². The number of aryl methyl sites for hydroxylation is 1. The second-order valence-electron chi connectivity index (χ2n) is 3.86. The van der Waals surface area contributed by atoms with E-state index in [0.29, 0.717) is 12.5 Å². The summed E-state index contributed by atoms with van der Waals surface area (Å²) < 4.78 is 5.48. The lowest BCUT2D eigenvalue weighted by Crippen LogP contribution is -2.02. The first-order valence-corrected chi connectivity index (χ1v) is 7.04. The molecule has 0 aliphatic heterocycles. The number of anilines is 1. The molecule has 0 aliphatic carbocycles. The van der Waals surface area contributed by atoms with E-state index in [1.807, 2.05) is 30.4 Å². The Balaban J connectivity index is 2.01. The molecule has 0 radical (unpaired) electrons. The Morgan fingerprint density at radius 1 is 1.22 bits per heavy atom. The Kier molecular flexibility index (Phi) is 4.59. The molecule has 0 aliphatic rings.